The second-order valence-corrected chi connectivity index (χ2v) is 5.92. The van der Waals surface area contributed by atoms with E-state index in [1.807, 2.05) is 18.2 Å². The lowest BCUT2D eigenvalue weighted by Crippen LogP contribution is -2.22. The molecule has 0 radical (unpaired) electrons. The van der Waals surface area contributed by atoms with Gasteiger partial charge in [0.1, 0.15) is 5.75 Å². The number of amides is 1. The molecule has 0 bridgehead atoms. The minimum atomic E-state index is -0.102. The first-order valence-corrected chi connectivity index (χ1v) is 7.17. The summed E-state index contributed by atoms with van der Waals surface area (Å²) in [5, 5.41) is 5.34. The largest absolute Gasteiger partial charge is 0.496 e. The van der Waals surface area contributed by atoms with E-state index in [1.165, 1.54) is 16.8 Å². The van der Waals surface area contributed by atoms with Crippen LogP contribution in [0.25, 0.3) is 0 Å². The van der Waals surface area contributed by atoms with Gasteiger partial charge in [-0.25, -0.2) is 0 Å². The number of rotatable bonds is 3. The number of benzene rings is 1. The highest BCUT2D eigenvalue weighted by Gasteiger charge is 2.26. The molecule has 1 heterocycles. The number of halogens is 1. The van der Waals surface area contributed by atoms with Gasteiger partial charge in [0, 0.05) is 10.0 Å². The lowest BCUT2D eigenvalue weighted by atomic mass is 10.2. The van der Waals surface area contributed by atoms with Crippen LogP contribution in [0.1, 0.15) is 5.56 Å². The van der Waals surface area contributed by atoms with Gasteiger partial charge in [-0.3, -0.25) is 4.79 Å². The van der Waals surface area contributed by atoms with Gasteiger partial charge in [-0.1, -0.05) is 39.9 Å². The Morgan fingerprint density at radius 2 is 2.39 bits per heavy atom. The van der Waals surface area contributed by atoms with Crippen LogP contribution in [0.3, 0.4) is 0 Å². The fourth-order valence-electron chi connectivity index (χ4n) is 1.39. The molecule has 1 amide bonds. The molecule has 0 aromatic heterocycles. The fourth-order valence-corrected chi connectivity index (χ4v) is 2.73. The maximum atomic E-state index is 11.5. The summed E-state index contributed by atoms with van der Waals surface area (Å²) in [6.07, 6.45) is 1.57. The summed E-state index contributed by atoms with van der Waals surface area (Å²) in [7, 11) is 1.59. The SMILES string of the molecule is COc1ccc(Br)cc1C=NN1C(=O)CSC1=S. The van der Waals surface area contributed by atoms with Crippen LogP contribution in [0.5, 0.6) is 5.75 Å². The lowest BCUT2D eigenvalue weighted by molar-refractivity contribution is -0.123. The Bertz CT molecular complexity index is 518. The summed E-state index contributed by atoms with van der Waals surface area (Å²) in [5.41, 5.74) is 0.777. The second-order valence-electron chi connectivity index (χ2n) is 3.39. The quantitative estimate of drug-likeness (QED) is 0.624. The summed E-state index contributed by atoms with van der Waals surface area (Å²) in [4.78, 5) is 11.5. The number of thiocarbonyl (C=S) groups is 1. The molecule has 0 spiro atoms. The van der Waals surface area contributed by atoms with Crippen molar-refractivity contribution in [1.29, 1.82) is 0 Å². The van der Waals surface area contributed by atoms with Crippen molar-refractivity contribution in [2.75, 3.05) is 12.9 Å². The maximum absolute atomic E-state index is 11.5. The zero-order valence-electron chi connectivity index (χ0n) is 9.42. The first-order chi connectivity index (χ1) is 8.61. The van der Waals surface area contributed by atoms with E-state index in [0.29, 0.717) is 15.8 Å². The number of hydrazone groups is 1. The highest BCUT2D eigenvalue weighted by Crippen LogP contribution is 2.23. The normalized spacial score (nSPS) is 15.8. The molecular formula is C11H9BrN2O2S2. The van der Waals surface area contributed by atoms with Crippen LogP contribution in [0.2, 0.25) is 0 Å². The number of methoxy groups -OCH3 is 1. The Labute approximate surface area is 123 Å². The lowest BCUT2D eigenvalue weighted by Gasteiger charge is -2.08. The van der Waals surface area contributed by atoms with Gasteiger partial charge in [-0.15, -0.1) is 0 Å². The van der Waals surface area contributed by atoms with E-state index < -0.39 is 0 Å². The number of hydrogen-bond acceptors (Lipinski definition) is 5. The number of hydrogen-bond donors (Lipinski definition) is 0. The Kier molecular flexibility index (Phi) is 4.36. The standard InChI is InChI=1S/C11H9BrN2O2S2/c1-16-9-3-2-8(12)4-7(9)5-13-14-10(15)6-18-11(14)17/h2-5H,6H2,1H3. The molecule has 0 N–H and O–H groups in total. The van der Waals surface area contributed by atoms with Crippen LogP contribution in [-0.2, 0) is 4.79 Å². The first kappa shape index (κ1) is 13.5. The smallest absolute Gasteiger partial charge is 0.259 e. The molecule has 1 fully saturated rings. The van der Waals surface area contributed by atoms with Crippen molar-refractivity contribution < 1.29 is 9.53 Å². The number of thioether (sulfide) groups is 1. The molecule has 1 aliphatic heterocycles. The summed E-state index contributed by atoms with van der Waals surface area (Å²) >= 11 is 9.72. The summed E-state index contributed by atoms with van der Waals surface area (Å²) < 4.78 is 6.60. The van der Waals surface area contributed by atoms with Crippen LogP contribution in [-0.4, -0.2) is 34.3 Å². The third-order valence-electron chi connectivity index (χ3n) is 2.23. The predicted molar refractivity (Wildman–Crippen MR) is 80.2 cm³/mol. The van der Waals surface area contributed by atoms with E-state index in [0.717, 1.165) is 10.0 Å². The van der Waals surface area contributed by atoms with Crippen molar-refractivity contribution in [2.45, 2.75) is 0 Å². The fraction of sp³-hybridized carbons (Fsp3) is 0.182. The minimum absolute atomic E-state index is 0.102. The van der Waals surface area contributed by atoms with E-state index >= 15 is 0 Å². The number of nitrogens with zero attached hydrogens (tertiary/aromatic N) is 2. The average Bonchev–Trinajstić information content (AvgIpc) is 2.67. The molecule has 0 unspecified atom stereocenters. The Morgan fingerprint density at radius 1 is 1.61 bits per heavy atom. The van der Waals surface area contributed by atoms with Crippen molar-refractivity contribution in [1.82, 2.24) is 5.01 Å². The van der Waals surface area contributed by atoms with Crippen molar-refractivity contribution in [2.24, 2.45) is 5.10 Å². The number of carbonyl (C=O) groups is 1. The molecule has 18 heavy (non-hydrogen) atoms. The third-order valence-corrected chi connectivity index (χ3v) is 4.06. The molecule has 94 valence electrons. The van der Waals surface area contributed by atoms with Crippen molar-refractivity contribution >= 4 is 56.4 Å². The van der Waals surface area contributed by atoms with Gasteiger partial charge in [0.05, 0.1) is 19.1 Å². The highest BCUT2D eigenvalue weighted by molar-refractivity contribution is 9.10. The van der Waals surface area contributed by atoms with Crippen molar-refractivity contribution in [3.05, 3.63) is 28.2 Å². The van der Waals surface area contributed by atoms with Gasteiger partial charge in [0.25, 0.3) is 5.91 Å². The molecule has 0 aliphatic carbocycles. The van der Waals surface area contributed by atoms with Crippen molar-refractivity contribution in [3.63, 3.8) is 0 Å². The molecular weight excluding hydrogens is 336 g/mol. The molecule has 1 aromatic carbocycles. The van der Waals surface area contributed by atoms with Gasteiger partial charge < -0.3 is 4.74 Å². The molecule has 1 aliphatic rings. The molecule has 2 rings (SSSR count). The maximum Gasteiger partial charge on any atom is 0.259 e. The minimum Gasteiger partial charge on any atom is -0.496 e. The Balaban J connectivity index is 2.25. The molecule has 0 atom stereocenters. The van der Waals surface area contributed by atoms with E-state index in [1.54, 1.807) is 13.3 Å². The zero-order chi connectivity index (χ0) is 13.1. The van der Waals surface area contributed by atoms with Crippen LogP contribution in [0, 0.1) is 0 Å². The molecule has 0 saturated carbocycles. The number of ether oxygens (including phenoxy) is 1. The van der Waals surface area contributed by atoms with E-state index in [2.05, 4.69) is 21.0 Å². The molecule has 1 aromatic rings. The average molecular weight is 345 g/mol. The van der Waals surface area contributed by atoms with Crippen molar-refractivity contribution in [3.8, 4) is 5.75 Å². The molecule has 4 nitrogen and oxygen atoms in total. The highest BCUT2D eigenvalue weighted by atomic mass is 79.9. The first-order valence-electron chi connectivity index (χ1n) is 4.99. The molecule has 7 heteroatoms. The predicted octanol–water partition coefficient (Wildman–Crippen LogP) is 2.65. The van der Waals surface area contributed by atoms with Gasteiger partial charge in [0.2, 0.25) is 0 Å². The van der Waals surface area contributed by atoms with Crippen LogP contribution in [0.4, 0.5) is 0 Å². The van der Waals surface area contributed by atoms with Gasteiger partial charge >= 0.3 is 0 Å². The second kappa shape index (κ2) is 5.81. The van der Waals surface area contributed by atoms with E-state index in [-0.39, 0.29) is 5.91 Å². The number of carbonyl (C=O) groups excluding carboxylic acids is 1. The third kappa shape index (κ3) is 2.90. The van der Waals surface area contributed by atoms with Gasteiger partial charge in [-0.2, -0.15) is 10.1 Å². The summed E-state index contributed by atoms with van der Waals surface area (Å²) in [6.45, 7) is 0. The summed E-state index contributed by atoms with van der Waals surface area (Å²) in [6, 6.07) is 5.56. The summed E-state index contributed by atoms with van der Waals surface area (Å²) in [5.74, 6) is 0.939. The van der Waals surface area contributed by atoms with Gasteiger partial charge in [0.15, 0.2) is 4.32 Å². The van der Waals surface area contributed by atoms with E-state index in [9.17, 15) is 4.79 Å². The zero-order valence-corrected chi connectivity index (χ0v) is 12.6. The monoisotopic (exact) mass is 344 g/mol. The molecule has 1 saturated heterocycles. The van der Waals surface area contributed by atoms with Crippen LogP contribution in [0.15, 0.2) is 27.8 Å². The topological polar surface area (TPSA) is 41.9 Å². The Hall–Kier alpha value is -0.920. The van der Waals surface area contributed by atoms with Crippen LogP contribution < -0.4 is 4.74 Å². The Morgan fingerprint density at radius 3 is 3.00 bits per heavy atom. The van der Waals surface area contributed by atoms with E-state index in [4.69, 9.17) is 17.0 Å². The van der Waals surface area contributed by atoms with Gasteiger partial charge in [-0.05, 0) is 18.2 Å². The van der Waals surface area contributed by atoms with Crippen LogP contribution >= 0.6 is 39.9 Å².